The fourth-order valence-electron chi connectivity index (χ4n) is 6.04. The van der Waals surface area contributed by atoms with Crippen molar-refractivity contribution in [1.29, 1.82) is 0 Å². The van der Waals surface area contributed by atoms with E-state index in [0.29, 0.717) is 41.1 Å². The summed E-state index contributed by atoms with van der Waals surface area (Å²) in [6.45, 7) is 3.20. The minimum atomic E-state index is -0.878. The van der Waals surface area contributed by atoms with Crippen molar-refractivity contribution in [3.63, 3.8) is 0 Å². The lowest BCUT2D eigenvalue weighted by molar-refractivity contribution is -0.136. The Kier molecular flexibility index (Phi) is 6.45. The molecule has 3 aromatic rings. The molecule has 37 heavy (non-hydrogen) atoms. The van der Waals surface area contributed by atoms with Crippen LogP contribution in [-0.4, -0.2) is 34.9 Å². The van der Waals surface area contributed by atoms with E-state index in [4.69, 9.17) is 26.0 Å². The first-order chi connectivity index (χ1) is 17.9. The fourth-order valence-corrected chi connectivity index (χ4v) is 6.35. The quantitative estimate of drug-likeness (QED) is 0.343. The van der Waals surface area contributed by atoms with Gasteiger partial charge in [-0.15, -0.1) is 0 Å². The van der Waals surface area contributed by atoms with E-state index in [0.717, 1.165) is 60.4 Å². The third kappa shape index (κ3) is 4.75. The fraction of sp³-hybridized carbons (Fsp3) is 0.448. The van der Waals surface area contributed by atoms with E-state index in [1.807, 2.05) is 31.2 Å². The van der Waals surface area contributed by atoms with Crippen LogP contribution < -0.4 is 4.90 Å². The average molecular weight is 525 g/mol. The molecular weight excluding hydrogens is 495 g/mol. The summed E-state index contributed by atoms with van der Waals surface area (Å²) in [5.41, 5.74) is 5.03. The van der Waals surface area contributed by atoms with Gasteiger partial charge in [-0.25, -0.2) is 4.39 Å². The second kappa shape index (κ2) is 9.76. The summed E-state index contributed by atoms with van der Waals surface area (Å²) >= 11 is 6.56. The summed E-state index contributed by atoms with van der Waals surface area (Å²) in [6, 6.07) is 11.2. The molecule has 1 N–H and O–H groups in total. The number of rotatable bonds is 9. The van der Waals surface area contributed by atoms with Gasteiger partial charge in [-0.2, -0.15) is 0 Å². The lowest BCUT2D eigenvalue weighted by atomic mass is 10.00. The molecule has 8 heteroatoms. The Bertz CT molecular complexity index is 1320. The molecule has 6 nitrogen and oxygen atoms in total. The van der Waals surface area contributed by atoms with Crippen LogP contribution in [0.4, 0.5) is 10.1 Å². The summed E-state index contributed by atoms with van der Waals surface area (Å²) in [5, 5.41) is 14.0. The molecule has 2 aliphatic carbocycles. The van der Waals surface area contributed by atoms with Crippen LogP contribution in [0, 0.1) is 18.7 Å². The molecule has 3 atom stereocenters. The zero-order valence-corrected chi connectivity index (χ0v) is 21.5. The number of halogens is 2. The van der Waals surface area contributed by atoms with Crippen molar-refractivity contribution in [3.8, 4) is 11.3 Å². The predicted octanol–water partition coefficient (Wildman–Crippen LogP) is 6.52. The normalized spacial score (nSPS) is 22.7. The lowest BCUT2D eigenvalue weighted by Crippen LogP contribution is -2.39. The second-order valence-electron chi connectivity index (χ2n) is 10.6. The van der Waals surface area contributed by atoms with Crippen LogP contribution in [0.2, 0.25) is 5.02 Å². The van der Waals surface area contributed by atoms with Gasteiger partial charge >= 0.3 is 5.97 Å². The van der Waals surface area contributed by atoms with Crippen LogP contribution in [0.25, 0.3) is 11.3 Å². The van der Waals surface area contributed by atoms with Crippen molar-refractivity contribution < 1.29 is 23.6 Å². The maximum Gasteiger partial charge on any atom is 0.303 e. The van der Waals surface area contributed by atoms with Gasteiger partial charge in [0.1, 0.15) is 17.3 Å². The lowest BCUT2D eigenvalue weighted by Gasteiger charge is -2.33. The predicted molar refractivity (Wildman–Crippen MR) is 138 cm³/mol. The Morgan fingerprint density at radius 1 is 1.27 bits per heavy atom. The summed E-state index contributed by atoms with van der Waals surface area (Å²) in [6.07, 6.45) is 4.45. The first-order valence-electron chi connectivity index (χ1n) is 13.0. The molecule has 1 aliphatic heterocycles. The van der Waals surface area contributed by atoms with E-state index in [2.05, 4.69) is 10.1 Å². The first kappa shape index (κ1) is 24.4. The van der Waals surface area contributed by atoms with Gasteiger partial charge < -0.3 is 19.3 Å². The van der Waals surface area contributed by atoms with Crippen LogP contribution >= 0.6 is 11.6 Å². The second-order valence-corrected chi connectivity index (χ2v) is 11.1. The van der Waals surface area contributed by atoms with Gasteiger partial charge in [0.25, 0.3) is 0 Å². The Labute approximate surface area is 220 Å². The number of carboxylic acids is 1. The van der Waals surface area contributed by atoms with Gasteiger partial charge in [0, 0.05) is 42.0 Å². The molecule has 3 aliphatic rings. The summed E-state index contributed by atoms with van der Waals surface area (Å²) in [4.78, 5) is 13.0. The number of ether oxygens (including phenoxy) is 1. The molecule has 0 unspecified atom stereocenters. The third-order valence-electron chi connectivity index (χ3n) is 8.09. The maximum atomic E-state index is 14.9. The summed E-state index contributed by atoms with van der Waals surface area (Å²) in [5.74, 6) is 0.484. The molecule has 0 radical (unpaired) electrons. The number of aliphatic carboxylic acids is 1. The number of anilines is 1. The van der Waals surface area contributed by atoms with Gasteiger partial charge in [-0.3, -0.25) is 4.79 Å². The van der Waals surface area contributed by atoms with Crippen LogP contribution in [-0.2, 0) is 22.6 Å². The number of hydrogen-bond donors (Lipinski definition) is 1. The van der Waals surface area contributed by atoms with Crippen molar-refractivity contribution in [1.82, 2.24) is 5.16 Å². The number of piperidine rings is 1. The monoisotopic (exact) mass is 524 g/mol. The molecule has 0 amide bonds. The maximum absolute atomic E-state index is 14.9. The topological polar surface area (TPSA) is 75.8 Å². The summed E-state index contributed by atoms with van der Waals surface area (Å²) in [7, 11) is 0. The molecule has 2 aromatic carbocycles. The Morgan fingerprint density at radius 2 is 2.11 bits per heavy atom. The summed E-state index contributed by atoms with van der Waals surface area (Å²) < 4.78 is 27.3. The number of carbonyl (C=O) groups is 1. The largest absolute Gasteiger partial charge is 0.481 e. The number of carboxylic acid groups (broad SMARTS) is 1. The number of hydrogen-bond acceptors (Lipinski definition) is 5. The number of aryl methyl sites for hydroxylation is 2. The molecule has 3 fully saturated rings. The Hall–Kier alpha value is -2.90. The molecule has 2 bridgehead atoms. The highest BCUT2D eigenvalue weighted by Crippen LogP contribution is 2.47. The number of fused-ring (bicyclic) bond motifs is 2. The van der Waals surface area contributed by atoms with Gasteiger partial charge in [-0.1, -0.05) is 35.0 Å². The highest BCUT2D eigenvalue weighted by Gasteiger charge is 2.46. The first-order valence-corrected chi connectivity index (χ1v) is 13.4. The van der Waals surface area contributed by atoms with Crippen LogP contribution in [0.15, 0.2) is 40.9 Å². The van der Waals surface area contributed by atoms with E-state index in [1.165, 1.54) is 6.07 Å². The highest BCUT2D eigenvalue weighted by molar-refractivity contribution is 6.33. The van der Waals surface area contributed by atoms with Crippen molar-refractivity contribution in [3.05, 3.63) is 69.7 Å². The van der Waals surface area contributed by atoms with Gasteiger partial charge in [0.2, 0.25) is 0 Å². The highest BCUT2D eigenvalue weighted by atomic mass is 35.5. The molecule has 1 saturated heterocycles. The molecule has 2 heterocycles. The smallest absolute Gasteiger partial charge is 0.303 e. The van der Waals surface area contributed by atoms with Crippen molar-refractivity contribution >= 4 is 23.3 Å². The van der Waals surface area contributed by atoms with Crippen molar-refractivity contribution in [2.24, 2.45) is 5.92 Å². The SMILES string of the molecule is Cc1cccc(Cl)c1-c1noc(C2CC2)c1CO[C@@H]1C[C@@H]2C[C@H]1CN2c1ccc(CCC(=O)O)cc1F. The van der Waals surface area contributed by atoms with E-state index in [9.17, 15) is 9.18 Å². The molecule has 1 aromatic heterocycles. The van der Waals surface area contributed by atoms with Crippen molar-refractivity contribution in [2.45, 2.75) is 70.1 Å². The molecular formula is C29H30ClFN2O4. The van der Waals surface area contributed by atoms with Gasteiger partial charge in [0.15, 0.2) is 0 Å². The number of aromatic nitrogens is 1. The van der Waals surface area contributed by atoms with Gasteiger partial charge in [0.05, 0.1) is 23.4 Å². The van der Waals surface area contributed by atoms with Crippen LogP contribution in [0.3, 0.4) is 0 Å². The molecule has 0 spiro atoms. The molecule has 194 valence electrons. The number of benzene rings is 2. The van der Waals surface area contributed by atoms with Crippen LogP contribution in [0.1, 0.15) is 60.5 Å². The van der Waals surface area contributed by atoms with Gasteiger partial charge in [-0.05, 0) is 68.4 Å². The number of nitrogens with zero attached hydrogens (tertiary/aromatic N) is 2. The van der Waals surface area contributed by atoms with E-state index in [1.54, 1.807) is 6.07 Å². The zero-order valence-electron chi connectivity index (χ0n) is 20.8. The molecule has 6 rings (SSSR count). The van der Waals surface area contributed by atoms with E-state index in [-0.39, 0.29) is 24.4 Å². The van der Waals surface area contributed by atoms with Crippen molar-refractivity contribution in [2.75, 3.05) is 11.4 Å². The van der Waals surface area contributed by atoms with E-state index < -0.39 is 5.97 Å². The minimum absolute atomic E-state index is 0.00137. The third-order valence-corrected chi connectivity index (χ3v) is 8.41. The average Bonchev–Trinajstić information content (AvgIpc) is 3.32. The van der Waals surface area contributed by atoms with Crippen LogP contribution in [0.5, 0.6) is 0 Å². The minimum Gasteiger partial charge on any atom is -0.481 e. The van der Waals surface area contributed by atoms with E-state index >= 15 is 0 Å². The Morgan fingerprint density at radius 3 is 2.78 bits per heavy atom. The molecule has 2 saturated carbocycles. The Balaban J connectivity index is 1.15. The standard InChI is InChI=1S/C29H30ClFN2O4/c1-16-3-2-4-22(30)27(16)28-21(29(37-32-28)18-7-8-18)15-36-25-13-20-12-19(25)14-33(20)24-9-5-17(11-23(24)31)6-10-26(34)35/h2-5,9,11,18-20,25H,6-8,10,12-15H2,1H3,(H,34,35)/t19-,20-,25+/m0/s1. The zero-order chi connectivity index (χ0) is 25.7.